The molecule has 7 nitrogen and oxygen atoms in total. The van der Waals surface area contributed by atoms with Gasteiger partial charge in [-0.15, -0.1) is 0 Å². The lowest BCUT2D eigenvalue weighted by Crippen LogP contribution is -2.15. The van der Waals surface area contributed by atoms with E-state index >= 15 is 0 Å². The van der Waals surface area contributed by atoms with Crippen molar-refractivity contribution < 1.29 is 19.2 Å². The van der Waals surface area contributed by atoms with Gasteiger partial charge in [0.2, 0.25) is 0 Å². The second-order valence-electron chi connectivity index (χ2n) is 5.48. The highest BCUT2D eigenvalue weighted by Crippen LogP contribution is 2.35. The van der Waals surface area contributed by atoms with Gasteiger partial charge in [0.05, 0.1) is 24.7 Å². The molecule has 0 bridgehead atoms. The van der Waals surface area contributed by atoms with Crippen molar-refractivity contribution in [1.82, 2.24) is 0 Å². The SMILES string of the molecule is CCOc1cc(C(=O)Nc2cc(C)ccc2C)c([N+](=O)[O-])cc1OC. The van der Waals surface area contributed by atoms with Crippen LogP contribution in [0.5, 0.6) is 11.5 Å². The number of rotatable bonds is 6. The van der Waals surface area contributed by atoms with Gasteiger partial charge in [-0.2, -0.15) is 0 Å². The van der Waals surface area contributed by atoms with E-state index in [0.29, 0.717) is 12.3 Å². The van der Waals surface area contributed by atoms with Gasteiger partial charge in [-0.1, -0.05) is 12.1 Å². The van der Waals surface area contributed by atoms with Crippen LogP contribution in [0.15, 0.2) is 30.3 Å². The summed E-state index contributed by atoms with van der Waals surface area (Å²) in [5.74, 6) is -0.0949. The molecule has 0 heterocycles. The van der Waals surface area contributed by atoms with Crippen molar-refractivity contribution in [2.75, 3.05) is 19.0 Å². The number of anilines is 1. The van der Waals surface area contributed by atoms with Gasteiger partial charge in [0.15, 0.2) is 11.5 Å². The largest absolute Gasteiger partial charge is 0.493 e. The van der Waals surface area contributed by atoms with E-state index in [4.69, 9.17) is 9.47 Å². The number of benzene rings is 2. The molecule has 0 radical (unpaired) electrons. The van der Waals surface area contributed by atoms with E-state index in [2.05, 4.69) is 5.32 Å². The summed E-state index contributed by atoms with van der Waals surface area (Å²) in [6.07, 6.45) is 0. The fourth-order valence-corrected chi connectivity index (χ4v) is 2.37. The number of nitrogens with zero attached hydrogens (tertiary/aromatic N) is 1. The molecule has 0 aliphatic rings. The summed E-state index contributed by atoms with van der Waals surface area (Å²) in [6, 6.07) is 8.14. The first-order valence-corrected chi connectivity index (χ1v) is 7.75. The predicted octanol–water partition coefficient (Wildman–Crippen LogP) is 3.87. The molecule has 25 heavy (non-hydrogen) atoms. The second-order valence-corrected chi connectivity index (χ2v) is 5.48. The Balaban J connectivity index is 2.48. The number of carbonyl (C=O) groups excluding carboxylic acids is 1. The van der Waals surface area contributed by atoms with Gasteiger partial charge in [-0.25, -0.2) is 0 Å². The molecule has 1 N–H and O–H groups in total. The molecule has 7 heteroatoms. The van der Waals surface area contributed by atoms with Crippen molar-refractivity contribution in [3.63, 3.8) is 0 Å². The Labute approximate surface area is 145 Å². The van der Waals surface area contributed by atoms with Gasteiger partial charge in [-0.3, -0.25) is 14.9 Å². The molecular weight excluding hydrogens is 324 g/mol. The molecular formula is C18H20N2O5. The zero-order valence-electron chi connectivity index (χ0n) is 14.6. The molecule has 0 fully saturated rings. The smallest absolute Gasteiger partial charge is 0.286 e. The maximum atomic E-state index is 12.6. The lowest BCUT2D eigenvalue weighted by atomic mass is 10.1. The molecule has 0 unspecified atom stereocenters. The molecule has 0 atom stereocenters. The summed E-state index contributed by atoms with van der Waals surface area (Å²) in [5, 5.41) is 14.1. The van der Waals surface area contributed by atoms with Gasteiger partial charge in [0.25, 0.3) is 11.6 Å². The van der Waals surface area contributed by atoms with Gasteiger partial charge < -0.3 is 14.8 Å². The van der Waals surface area contributed by atoms with Gasteiger partial charge in [-0.05, 0) is 38.0 Å². The van der Waals surface area contributed by atoms with E-state index in [-0.39, 0.29) is 22.7 Å². The Kier molecular flexibility index (Phi) is 5.59. The average Bonchev–Trinajstić information content (AvgIpc) is 2.57. The minimum atomic E-state index is -0.615. The fraction of sp³-hybridized carbons (Fsp3) is 0.278. The second kappa shape index (κ2) is 7.65. The Bertz CT molecular complexity index is 817. The molecule has 0 aliphatic heterocycles. The first-order chi connectivity index (χ1) is 11.9. The van der Waals surface area contributed by atoms with Crippen LogP contribution in [0.25, 0.3) is 0 Å². The van der Waals surface area contributed by atoms with Crippen LogP contribution in [0, 0.1) is 24.0 Å². The van der Waals surface area contributed by atoms with Gasteiger partial charge in [0, 0.05) is 11.8 Å². The Morgan fingerprint density at radius 2 is 1.92 bits per heavy atom. The van der Waals surface area contributed by atoms with Crippen molar-refractivity contribution in [3.05, 3.63) is 57.1 Å². The third kappa shape index (κ3) is 4.06. The van der Waals surface area contributed by atoms with E-state index in [1.165, 1.54) is 19.2 Å². The van der Waals surface area contributed by atoms with Crippen molar-refractivity contribution in [2.45, 2.75) is 20.8 Å². The summed E-state index contributed by atoms with van der Waals surface area (Å²) in [4.78, 5) is 23.4. The summed E-state index contributed by atoms with van der Waals surface area (Å²) >= 11 is 0. The zero-order valence-corrected chi connectivity index (χ0v) is 14.6. The first kappa shape index (κ1) is 18.3. The van der Waals surface area contributed by atoms with Crippen LogP contribution < -0.4 is 14.8 Å². The number of nitrogens with one attached hydrogen (secondary N) is 1. The number of nitro groups is 1. The number of methoxy groups -OCH3 is 1. The number of amides is 1. The van der Waals surface area contributed by atoms with Crippen LogP contribution in [0.3, 0.4) is 0 Å². The van der Waals surface area contributed by atoms with Crippen molar-refractivity contribution in [1.29, 1.82) is 0 Å². The van der Waals surface area contributed by atoms with Crippen molar-refractivity contribution in [2.24, 2.45) is 0 Å². The Morgan fingerprint density at radius 3 is 2.52 bits per heavy atom. The number of aryl methyl sites for hydroxylation is 2. The highest BCUT2D eigenvalue weighted by molar-refractivity contribution is 6.08. The molecule has 0 spiro atoms. The molecule has 1 amide bonds. The predicted molar refractivity (Wildman–Crippen MR) is 94.7 cm³/mol. The van der Waals surface area contributed by atoms with Crippen molar-refractivity contribution >= 4 is 17.3 Å². The number of hydrogen-bond donors (Lipinski definition) is 1. The Hall–Kier alpha value is -3.09. The number of carbonyl (C=O) groups is 1. The minimum absolute atomic E-state index is 0.0878. The van der Waals surface area contributed by atoms with E-state index in [1.807, 2.05) is 32.0 Å². The lowest BCUT2D eigenvalue weighted by Gasteiger charge is -2.13. The molecule has 0 saturated carbocycles. The normalized spacial score (nSPS) is 10.2. The van der Waals surface area contributed by atoms with Crippen LogP contribution in [-0.4, -0.2) is 24.5 Å². The van der Waals surface area contributed by atoms with E-state index in [0.717, 1.165) is 11.1 Å². The third-order valence-corrected chi connectivity index (χ3v) is 3.66. The molecule has 0 aliphatic carbocycles. The van der Waals surface area contributed by atoms with Crippen LogP contribution in [0.1, 0.15) is 28.4 Å². The summed E-state index contributed by atoms with van der Waals surface area (Å²) < 4.78 is 10.5. The van der Waals surface area contributed by atoms with Gasteiger partial charge >= 0.3 is 0 Å². The topological polar surface area (TPSA) is 90.7 Å². The molecule has 0 saturated heterocycles. The number of hydrogen-bond acceptors (Lipinski definition) is 5. The maximum Gasteiger partial charge on any atom is 0.286 e. The summed E-state index contributed by atoms with van der Waals surface area (Å²) in [6.45, 7) is 5.87. The van der Waals surface area contributed by atoms with E-state index in [1.54, 1.807) is 6.92 Å². The highest BCUT2D eigenvalue weighted by Gasteiger charge is 2.25. The standard InChI is InChI=1S/C18H20N2O5/c1-5-25-17-9-13(15(20(22)23)10-16(17)24-4)18(21)19-14-8-11(2)6-7-12(14)3/h6-10H,5H2,1-4H3,(H,19,21). The molecule has 2 rings (SSSR count). The third-order valence-electron chi connectivity index (χ3n) is 3.66. The molecule has 2 aromatic rings. The lowest BCUT2D eigenvalue weighted by molar-refractivity contribution is -0.385. The number of ether oxygens (including phenoxy) is 2. The number of nitro benzene ring substituents is 1. The quantitative estimate of drug-likeness (QED) is 0.634. The first-order valence-electron chi connectivity index (χ1n) is 7.75. The van der Waals surface area contributed by atoms with Gasteiger partial charge in [0.1, 0.15) is 5.56 Å². The summed E-state index contributed by atoms with van der Waals surface area (Å²) in [7, 11) is 1.39. The zero-order chi connectivity index (χ0) is 18.6. The van der Waals surface area contributed by atoms with Crippen LogP contribution in [0.4, 0.5) is 11.4 Å². The monoisotopic (exact) mass is 344 g/mol. The van der Waals surface area contributed by atoms with Crippen LogP contribution >= 0.6 is 0 Å². The van der Waals surface area contributed by atoms with Crippen LogP contribution in [-0.2, 0) is 0 Å². The average molecular weight is 344 g/mol. The summed E-state index contributed by atoms with van der Waals surface area (Å²) in [5.41, 5.74) is 2.01. The molecule has 132 valence electrons. The molecule has 2 aromatic carbocycles. The Morgan fingerprint density at radius 1 is 1.20 bits per heavy atom. The molecule has 0 aromatic heterocycles. The minimum Gasteiger partial charge on any atom is -0.493 e. The maximum absolute atomic E-state index is 12.6. The fourth-order valence-electron chi connectivity index (χ4n) is 2.37. The van der Waals surface area contributed by atoms with E-state index in [9.17, 15) is 14.9 Å². The highest BCUT2D eigenvalue weighted by atomic mass is 16.6. The van der Waals surface area contributed by atoms with E-state index < -0.39 is 10.8 Å². The van der Waals surface area contributed by atoms with Crippen LogP contribution in [0.2, 0.25) is 0 Å². The van der Waals surface area contributed by atoms with Crippen molar-refractivity contribution in [3.8, 4) is 11.5 Å².